The van der Waals surface area contributed by atoms with Gasteiger partial charge in [-0.1, -0.05) is 101 Å². The number of likely N-dealkylation sites (tertiary alicyclic amines) is 1. The van der Waals surface area contributed by atoms with Crippen molar-refractivity contribution in [3.8, 4) is 33.2 Å². The SMILES string of the molecule is Cc1ncsc1-c1ccc(N(C)C(=O)[C@@H]2C[C@@H](O)CN2C(=O)[C@@H](NC(=O)CCCCCCCCC(=O)NC(COc2cc(-c3ccccc3O)nnc2N)c2ccccc2)C(C)(C)C)cc1. The number of nitrogens with one attached hydrogen (secondary N) is 2. The van der Waals surface area contributed by atoms with E-state index in [4.69, 9.17) is 10.5 Å². The van der Waals surface area contributed by atoms with Crippen LogP contribution in [0, 0.1) is 12.3 Å². The fourth-order valence-electron chi connectivity index (χ4n) is 8.05. The molecule has 5 aromatic rings. The monoisotopic (exact) mass is 918 g/mol. The molecule has 4 amide bonds. The van der Waals surface area contributed by atoms with E-state index in [2.05, 4.69) is 25.8 Å². The molecule has 1 aliphatic rings. The number of aryl methyl sites for hydroxylation is 1. The summed E-state index contributed by atoms with van der Waals surface area (Å²) in [5.41, 5.74) is 11.6. The largest absolute Gasteiger partial charge is 0.507 e. The molecule has 0 saturated carbocycles. The van der Waals surface area contributed by atoms with E-state index in [9.17, 15) is 29.4 Å². The summed E-state index contributed by atoms with van der Waals surface area (Å²) < 4.78 is 6.08. The first-order chi connectivity index (χ1) is 31.6. The molecule has 16 heteroatoms. The van der Waals surface area contributed by atoms with Gasteiger partial charge in [0.15, 0.2) is 11.6 Å². The molecule has 0 spiro atoms. The van der Waals surface area contributed by atoms with E-state index in [-0.39, 0.29) is 61.0 Å². The molecule has 1 unspecified atom stereocenters. The third kappa shape index (κ3) is 12.9. The van der Waals surface area contributed by atoms with Gasteiger partial charge in [0.1, 0.15) is 30.1 Å². The predicted octanol–water partition coefficient (Wildman–Crippen LogP) is 7.38. The number of para-hydroxylation sites is 1. The number of likely N-dealkylation sites (N-methyl/N-ethyl adjacent to an activating group) is 1. The molecule has 6 rings (SSSR count). The second-order valence-electron chi connectivity index (χ2n) is 17.9. The van der Waals surface area contributed by atoms with Gasteiger partial charge in [0.2, 0.25) is 23.6 Å². The lowest BCUT2D eigenvalue weighted by Crippen LogP contribution is -2.57. The zero-order valence-corrected chi connectivity index (χ0v) is 39.2. The van der Waals surface area contributed by atoms with E-state index >= 15 is 0 Å². The first-order valence-electron chi connectivity index (χ1n) is 22.5. The Kier molecular flexibility index (Phi) is 16.9. The number of aliphatic hydroxyl groups excluding tert-OH is 1. The van der Waals surface area contributed by atoms with Crippen molar-refractivity contribution in [2.75, 3.05) is 30.8 Å². The van der Waals surface area contributed by atoms with E-state index in [1.54, 1.807) is 54.2 Å². The van der Waals surface area contributed by atoms with Crippen LogP contribution in [0.1, 0.15) is 95.9 Å². The van der Waals surface area contributed by atoms with Gasteiger partial charge in [-0.15, -0.1) is 21.5 Å². The number of carbonyl (C=O) groups is 4. The van der Waals surface area contributed by atoms with Gasteiger partial charge >= 0.3 is 0 Å². The Morgan fingerprint density at radius 3 is 2.17 bits per heavy atom. The lowest BCUT2D eigenvalue weighted by atomic mass is 9.85. The Morgan fingerprint density at radius 1 is 0.894 bits per heavy atom. The number of aromatic nitrogens is 3. The number of ether oxygens (including phenoxy) is 1. The molecule has 1 saturated heterocycles. The summed E-state index contributed by atoms with van der Waals surface area (Å²) in [5, 5.41) is 35.2. The number of nitrogen functional groups attached to an aromatic ring is 1. The summed E-state index contributed by atoms with van der Waals surface area (Å²) in [5.74, 6) is -0.630. The second kappa shape index (κ2) is 22.7. The number of aromatic hydroxyl groups is 1. The van der Waals surface area contributed by atoms with Gasteiger partial charge in [0.05, 0.1) is 28.2 Å². The average Bonchev–Trinajstić information content (AvgIpc) is 3.92. The number of hydrogen-bond donors (Lipinski definition) is 5. The van der Waals surface area contributed by atoms with Crippen molar-refractivity contribution < 1.29 is 34.1 Å². The topological polar surface area (TPSA) is 213 Å². The van der Waals surface area contributed by atoms with Crippen LogP contribution in [-0.2, 0) is 19.2 Å². The van der Waals surface area contributed by atoms with E-state index in [0.29, 0.717) is 36.2 Å². The minimum absolute atomic E-state index is 0.00221. The van der Waals surface area contributed by atoms with Crippen molar-refractivity contribution in [2.45, 2.75) is 110 Å². The van der Waals surface area contributed by atoms with Crippen molar-refractivity contribution in [3.63, 3.8) is 0 Å². The van der Waals surface area contributed by atoms with Crippen LogP contribution in [0.15, 0.2) is 90.4 Å². The molecule has 66 heavy (non-hydrogen) atoms. The molecule has 15 nitrogen and oxygen atoms in total. The number of nitrogens with two attached hydrogens (primary N) is 1. The molecule has 0 aliphatic carbocycles. The van der Waals surface area contributed by atoms with Crippen LogP contribution in [0.4, 0.5) is 11.5 Å². The van der Waals surface area contributed by atoms with Crippen LogP contribution < -0.4 is 26.0 Å². The summed E-state index contributed by atoms with van der Waals surface area (Å²) in [6.07, 6.45) is 4.59. The quantitative estimate of drug-likeness (QED) is 0.0486. The number of β-amino-alcohol motifs (C(OH)–C–C–N with tert-alkyl or cyclic N) is 1. The Balaban J connectivity index is 0.925. The highest BCUT2D eigenvalue weighted by Crippen LogP contribution is 2.33. The third-order valence-electron chi connectivity index (χ3n) is 11.8. The molecule has 4 atom stereocenters. The van der Waals surface area contributed by atoms with Crippen LogP contribution in [0.5, 0.6) is 11.5 Å². The molecular formula is C50H62N8O7S. The number of benzene rings is 3. The molecule has 0 radical (unpaired) electrons. The summed E-state index contributed by atoms with van der Waals surface area (Å²) in [4.78, 5) is 62.8. The second-order valence-corrected chi connectivity index (χ2v) is 18.8. The lowest BCUT2D eigenvalue weighted by Gasteiger charge is -2.36. The molecular weight excluding hydrogens is 857 g/mol. The van der Waals surface area contributed by atoms with Gasteiger partial charge in [-0.3, -0.25) is 19.2 Å². The van der Waals surface area contributed by atoms with Crippen molar-refractivity contribution >= 4 is 46.5 Å². The van der Waals surface area contributed by atoms with Crippen molar-refractivity contribution in [1.82, 2.24) is 30.7 Å². The molecule has 3 heterocycles. The van der Waals surface area contributed by atoms with Gasteiger partial charge in [0, 0.05) is 50.2 Å². The zero-order valence-electron chi connectivity index (χ0n) is 38.4. The van der Waals surface area contributed by atoms with Gasteiger partial charge in [-0.25, -0.2) is 4.98 Å². The number of anilines is 2. The summed E-state index contributed by atoms with van der Waals surface area (Å²) in [6.45, 7) is 7.67. The highest BCUT2D eigenvalue weighted by atomic mass is 32.1. The smallest absolute Gasteiger partial charge is 0.249 e. The number of hydrogen-bond acceptors (Lipinski definition) is 12. The number of unbranched alkanes of at least 4 members (excludes halogenated alkanes) is 5. The fourth-order valence-corrected chi connectivity index (χ4v) is 8.86. The number of rotatable bonds is 20. The number of nitrogens with zero attached hydrogens (tertiary/aromatic N) is 5. The number of carbonyl (C=O) groups excluding carboxylic acids is 4. The Morgan fingerprint density at radius 2 is 1.53 bits per heavy atom. The summed E-state index contributed by atoms with van der Waals surface area (Å²) in [6, 6.07) is 23.3. The van der Waals surface area contributed by atoms with Crippen LogP contribution in [0.3, 0.4) is 0 Å². The first kappa shape index (κ1) is 49.1. The maximum atomic E-state index is 14.2. The van der Waals surface area contributed by atoms with Crippen molar-refractivity contribution in [2.24, 2.45) is 5.41 Å². The number of thiazole rings is 1. The number of amides is 4. The predicted molar refractivity (Wildman–Crippen MR) is 257 cm³/mol. The van der Waals surface area contributed by atoms with E-state index < -0.39 is 35.6 Å². The van der Waals surface area contributed by atoms with Gasteiger partial charge < -0.3 is 41.1 Å². The first-order valence-corrected chi connectivity index (χ1v) is 23.4. The van der Waals surface area contributed by atoms with Crippen LogP contribution in [0.25, 0.3) is 21.7 Å². The lowest BCUT2D eigenvalue weighted by molar-refractivity contribution is -0.143. The average molecular weight is 919 g/mol. The maximum Gasteiger partial charge on any atom is 0.249 e. The number of phenols is 1. The zero-order chi connectivity index (χ0) is 47.4. The summed E-state index contributed by atoms with van der Waals surface area (Å²) in [7, 11) is 1.67. The molecule has 1 aliphatic heterocycles. The third-order valence-corrected chi connectivity index (χ3v) is 12.8. The van der Waals surface area contributed by atoms with Crippen LogP contribution >= 0.6 is 11.3 Å². The minimum atomic E-state index is -0.897. The molecule has 6 N–H and O–H groups in total. The molecule has 2 aromatic heterocycles. The van der Waals surface area contributed by atoms with E-state index in [0.717, 1.165) is 47.4 Å². The summed E-state index contributed by atoms with van der Waals surface area (Å²) >= 11 is 1.55. The Bertz CT molecular complexity index is 2420. The molecule has 1 fully saturated rings. The van der Waals surface area contributed by atoms with Gasteiger partial charge in [-0.2, -0.15) is 0 Å². The maximum absolute atomic E-state index is 14.2. The van der Waals surface area contributed by atoms with Gasteiger partial charge in [-0.05, 0) is 60.6 Å². The number of phenolic OH excluding ortho intramolecular Hbond substituents is 1. The highest BCUT2D eigenvalue weighted by Gasteiger charge is 2.45. The van der Waals surface area contributed by atoms with Crippen molar-refractivity contribution in [1.29, 1.82) is 0 Å². The minimum Gasteiger partial charge on any atom is -0.507 e. The molecule has 350 valence electrons. The number of aliphatic hydroxyl groups is 1. The van der Waals surface area contributed by atoms with Crippen LogP contribution in [0.2, 0.25) is 0 Å². The van der Waals surface area contributed by atoms with Gasteiger partial charge in [0.25, 0.3) is 0 Å². The highest BCUT2D eigenvalue weighted by molar-refractivity contribution is 7.13. The Hall–Kier alpha value is -6.39. The normalized spacial score (nSPS) is 15.8. The van der Waals surface area contributed by atoms with E-state index in [1.807, 2.05) is 82.3 Å². The standard InChI is InChI=1S/C50H62N8O7S/c1-32-45(66-31-52-32)34-23-25-35(26-24-34)57(5)48(63)40-27-36(59)29-58(40)49(64)46(50(2,3)4)54-44(62)22-14-9-7-6-8-13-21-43(61)53-39(33-17-11-10-12-18-33)30-65-42-28-38(55-56-47(42)51)37-19-15-16-20-41(37)60/h10-12,15-20,23-26,28,31,36,39-40,46,59-60H,6-9,13-14,21-22,27,29-30H2,1-5H3,(H2,51,56)(H,53,61)(H,54,62)/t36-,39?,40+,46-/m1/s1. The fraction of sp³-hybridized carbons (Fsp3) is 0.420. The molecule has 3 aromatic carbocycles. The van der Waals surface area contributed by atoms with Crippen molar-refractivity contribution in [3.05, 3.63) is 102 Å². The van der Waals surface area contributed by atoms with Crippen LogP contribution in [-0.4, -0.2) is 92.3 Å². The van der Waals surface area contributed by atoms with E-state index in [1.165, 1.54) is 9.80 Å². The Labute approximate surface area is 390 Å². The molecule has 0 bridgehead atoms.